The van der Waals surface area contributed by atoms with Gasteiger partial charge in [-0.2, -0.15) is 0 Å². The fourth-order valence-corrected chi connectivity index (χ4v) is 2.91. The molecule has 0 aliphatic heterocycles. The predicted octanol–water partition coefficient (Wildman–Crippen LogP) is 5.80. The molecule has 4 rings (SSSR count). The average Bonchev–Trinajstić information content (AvgIpc) is 2.69. The van der Waals surface area contributed by atoms with E-state index in [1.807, 2.05) is 31.3 Å². The highest BCUT2D eigenvalue weighted by Crippen LogP contribution is 2.27. The van der Waals surface area contributed by atoms with Gasteiger partial charge in [-0.25, -0.2) is 9.97 Å². The van der Waals surface area contributed by atoms with Crippen molar-refractivity contribution in [2.75, 3.05) is 0 Å². The molecule has 3 heteroatoms. The van der Waals surface area contributed by atoms with Gasteiger partial charge in [0.25, 0.3) is 0 Å². The van der Waals surface area contributed by atoms with Crippen LogP contribution in [-0.4, -0.2) is 15.0 Å². The van der Waals surface area contributed by atoms with Crippen molar-refractivity contribution in [2.24, 2.45) is 0 Å². The van der Waals surface area contributed by atoms with Crippen LogP contribution in [0.15, 0.2) is 72.9 Å². The van der Waals surface area contributed by atoms with E-state index in [0.717, 1.165) is 33.8 Å². The minimum absolute atomic E-state index is 0.642. The molecule has 0 N–H and O–H groups in total. The third-order valence-electron chi connectivity index (χ3n) is 4.56. The quantitative estimate of drug-likeness (QED) is 0.468. The van der Waals surface area contributed by atoms with Crippen LogP contribution >= 0.6 is 0 Å². The Bertz CT molecular complexity index is 910. The van der Waals surface area contributed by atoms with Crippen molar-refractivity contribution in [2.45, 2.75) is 20.8 Å². The number of aryl methyl sites for hydroxylation is 3. The Balaban J connectivity index is 1.89. The number of benzene rings is 2. The standard InChI is InChI=1S/C24H21N3/c1-16-4-9-19(10-5-16)22-14-23(20-11-6-17(2)7-12-20)27-24(26-22)21-13-8-18(3)15-25-21/h4-15H,1-3H3. The highest BCUT2D eigenvalue weighted by atomic mass is 14.9. The van der Waals surface area contributed by atoms with Crippen molar-refractivity contribution in [3.05, 3.63) is 89.6 Å². The molecule has 0 amide bonds. The Morgan fingerprint density at radius 1 is 0.519 bits per heavy atom. The van der Waals surface area contributed by atoms with E-state index < -0.39 is 0 Å². The number of hydrogen-bond acceptors (Lipinski definition) is 3. The van der Waals surface area contributed by atoms with Crippen molar-refractivity contribution >= 4 is 0 Å². The zero-order valence-corrected chi connectivity index (χ0v) is 15.8. The van der Waals surface area contributed by atoms with E-state index in [4.69, 9.17) is 9.97 Å². The van der Waals surface area contributed by atoms with E-state index >= 15 is 0 Å². The molecule has 0 saturated carbocycles. The maximum absolute atomic E-state index is 4.80. The van der Waals surface area contributed by atoms with Gasteiger partial charge in [0, 0.05) is 17.3 Å². The summed E-state index contributed by atoms with van der Waals surface area (Å²) < 4.78 is 0. The summed E-state index contributed by atoms with van der Waals surface area (Å²) in [5, 5.41) is 0. The van der Waals surface area contributed by atoms with Crippen LogP contribution in [0.4, 0.5) is 0 Å². The first kappa shape index (κ1) is 17.1. The maximum Gasteiger partial charge on any atom is 0.179 e. The Morgan fingerprint density at radius 3 is 1.44 bits per heavy atom. The molecule has 3 nitrogen and oxygen atoms in total. The fourth-order valence-electron chi connectivity index (χ4n) is 2.91. The Morgan fingerprint density at radius 2 is 1.00 bits per heavy atom. The first-order valence-electron chi connectivity index (χ1n) is 9.05. The summed E-state index contributed by atoms with van der Waals surface area (Å²) in [6.45, 7) is 6.20. The van der Waals surface area contributed by atoms with Crippen molar-refractivity contribution in [3.8, 4) is 34.0 Å². The third-order valence-corrected chi connectivity index (χ3v) is 4.56. The van der Waals surface area contributed by atoms with Crippen LogP contribution < -0.4 is 0 Å². The second-order valence-corrected chi connectivity index (χ2v) is 6.91. The van der Waals surface area contributed by atoms with E-state index in [9.17, 15) is 0 Å². The minimum atomic E-state index is 0.642. The van der Waals surface area contributed by atoms with Gasteiger partial charge in [0.2, 0.25) is 0 Å². The fraction of sp³-hybridized carbons (Fsp3) is 0.125. The van der Waals surface area contributed by atoms with Crippen molar-refractivity contribution in [1.82, 2.24) is 15.0 Å². The molecule has 132 valence electrons. The molecule has 0 unspecified atom stereocenters. The molecule has 2 heterocycles. The number of rotatable bonds is 3. The first-order chi connectivity index (χ1) is 13.1. The van der Waals surface area contributed by atoms with Gasteiger partial charge < -0.3 is 0 Å². The SMILES string of the molecule is Cc1ccc(-c2cc(-c3ccc(C)cc3)nc(-c3ccc(C)cn3)n2)cc1. The minimum Gasteiger partial charge on any atom is -0.253 e. The summed E-state index contributed by atoms with van der Waals surface area (Å²) in [6.07, 6.45) is 1.85. The summed E-state index contributed by atoms with van der Waals surface area (Å²) in [4.78, 5) is 14.1. The van der Waals surface area contributed by atoms with Crippen LogP contribution in [0, 0.1) is 20.8 Å². The van der Waals surface area contributed by atoms with Crippen LogP contribution in [-0.2, 0) is 0 Å². The maximum atomic E-state index is 4.80. The van der Waals surface area contributed by atoms with Gasteiger partial charge in [-0.1, -0.05) is 65.7 Å². The molecular formula is C24H21N3. The normalized spacial score (nSPS) is 10.8. The number of nitrogens with zero attached hydrogens (tertiary/aromatic N) is 3. The molecular weight excluding hydrogens is 330 g/mol. The van der Waals surface area contributed by atoms with Gasteiger partial charge in [-0.15, -0.1) is 0 Å². The average molecular weight is 351 g/mol. The number of pyridine rings is 1. The van der Waals surface area contributed by atoms with Crippen molar-refractivity contribution < 1.29 is 0 Å². The molecule has 2 aromatic heterocycles. The predicted molar refractivity (Wildman–Crippen MR) is 110 cm³/mol. The lowest BCUT2D eigenvalue weighted by molar-refractivity contribution is 1.14. The summed E-state index contributed by atoms with van der Waals surface area (Å²) >= 11 is 0. The van der Waals surface area contributed by atoms with Gasteiger partial charge in [0.1, 0.15) is 5.69 Å². The molecule has 2 aromatic carbocycles. The van der Waals surface area contributed by atoms with E-state index in [2.05, 4.69) is 67.4 Å². The molecule has 27 heavy (non-hydrogen) atoms. The summed E-state index contributed by atoms with van der Waals surface area (Å²) in [6, 6.07) is 22.9. The lowest BCUT2D eigenvalue weighted by atomic mass is 10.1. The van der Waals surface area contributed by atoms with Crippen LogP contribution in [0.5, 0.6) is 0 Å². The smallest absolute Gasteiger partial charge is 0.179 e. The topological polar surface area (TPSA) is 38.7 Å². The van der Waals surface area contributed by atoms with E-state index in [0.29, 0.717) is 5.82 Å². The van der Waals surface area contributed by atoms with Crippen molar-refractivity contribution in [3.63, 3.8) is 0 Å². The molecule has 0 spiro atoms. The Kier molecular flexibility index (Phi) is 4.51. The lowest BCUT2D eigenvalue weighted by Crippen LogP contribution is -1.97. The largest absolute Gasteiger partial charge is 0.253 e. The molecule has 4 aromatic rings. The zero-order valence-electron chi connectivity index (χ0n) is 15.8. The first-order valence-corrected chi connectivity index (χ1v) is 9.05. The molecule has 0 fully saturated rings. The zero-order chi connectivity index (χ0) is 18.8. The second-order valence-electron chi connectivity index (χ2n) is 6.91. The Labute approximate surface area is 159 Å². The van der Waals surface area contributed by atoms with Gasteiger partial charge in [-0.3, -0.25) is 4.98 Å². The second kappa shape index (κ2) is 7.12. The molecule has 0 aliphatic carbocycles. The monoisotopic (exact) mass is 351 g/mol. The van der Waals surface area contributed by atoms with Gasteiger partial charge in [0.05, 0.1) is 11.4 Å². The van der Waals surface area contributed by atoms with Crippen LogP contribution in [0.3, 0.4) is 0 Å². The summed E-state index contributed by atoms with van der Waals surface area (Å²) in [5.74, 6) is 0.642. The van der Waals surface area contributed by atoms with Gasteiger partial charge >= 0.3 is 0 Å². The molecule has 0 bridgehead atoms. The van der Waals surface area contributed by atoms with E-state index in [1.54, 1.807) is 0 Å². The van der Waals surface area contributed by atoms with Gasteiger partial charge in [0.15, 0.2) is 5.82 Å². The highest BCUT2D eigenvalue weighted by molar-refractivity contribution is 5.71. The molecule has 0 radical (unpaired) electrons. The lowest BCUT2D eigenvalue weighted by Gasteiger charge is -2.09. The number of aromatic nitrogens is 3. The summed E-state index contributed by atoms with van der Waals surface area (Å²) in [5.41, 5.74) is 8.31. The molecule has 0 saturated heterocycles. The highest BCUT2D eigenvalue weighted by Gasteiger charge is 2.11. The third kappa shape index (κ3) is 3.77. The Hall–Kier alpha value is -3.33. The van der Waals surface area contributed by atoms with E-state index in [-0.39, 0.29) is 0 Å². The number of hydrogen-bond donors (Lipinski definition) is 0. The van der Waals surface area contributed by atoms with Crippen LogP contribution in [0.2, 0.25) is 0 Å². The van der Waals surface area contributed by atoms with E-state index in [1.165, 1.54) is 11.1 Å². The molecule has 0 atom stereocenters. The van der Waals surface area contributed by atoms with Crippen LogP contribution in [0.25, 0.3) is 34.0 Å². The van der Waals surface area contributed by atoms with Crippen LogP contribution in [0.1, 0.15) is 16.7 Å². The van der Waals surface area contributed by atoms with Gasteiger partial charge in [-0.05, 0) is 38.5 Å². The van der Waals surface area contributed by atoms with Crippen molar-refractivity contribution in [1.29, 1.82) is 0 Å². The molecule has 0 aliphatic rings. The summed E-state index contributed by atoms with van der Waals surface area (Å²) in [7, 11) is 0.